The van der Waals surface area contributed by atoms with Crippen molar-refractivity contribution in [1.82, 2.24) is 5.32 Å². The Morgan fingerprint density at radius 2 is 1.93 bits per heavy atom. The first-order valence-corrected chi connectivity index (χ1v) is 11.5. The number of amides is 2. The van der Waals surface area contributed by atoms with Crippen LogP contribution in [-0.2, 0) is 16.7 Å². The van der Waals surface area contributed by atoms with Gasteiger partial charge >= 0.3 is 6.03 Å². The van der Waals surface area contributed by atoms with Gasteiger partial charge < -0.3 is 15.8 Å². The van der Waals surface area contributed by atoms with Gasteiger partial charge in [0, 0.05) is 36.0 Å². The van der Waals surface area contributed by atoms with Gasteiger partial charge in [0.05, 0.1) is 0 Å². The Morgan fingerprint density at radius 1 is 1.17 bits per heavy atom. The lowest BCUT2D eigenvalue weighted by atomic mass is 9.86. The zero-order valence-corrected chi connectivity index (χ0v) is 19.3. The minimum Gasteiger partial charge on any atom is -0.385 e. The molecule has 3 N–H and O–H groups in total. The van der Waals surface area contributed by atoms with Crippen molar-refractivity contribution in [1.29, 1.82) is 0 Å². The highest BCUT2D eigenvalue weighted by molar-refractivity contribution is 9.10. The number of hydrogen-bond donors (Lipinski definition) is 2. The molecule has 0 fully saturated rings. The van der Waals surface area contributed by atoms with E-state index >= 15 is 0 Å². The number of urea groups is 1. The summed E-state index contributed by atoms with van der Waals surface area (Å²) in [5.74, 6) is 0. The summed E-state index contributed by atoms with van der Waals surface area (Å²) >= 11 is 3.44. The predicted molar refractivity (Wildman–Crippen MR) is 126 cm³/mol. The Bertz CT molecular complexity index is 827. The second-order valence-corrected chi connectivity index (χ2v) is 8.85. The van der Waals surface area contributed by atoms with Crippen LogP contribution < -0.4 is 16.0 Å². The minimum atomic E-state index is -0.411. The number of anilines is 1. The average Bonchev–Trinajstić information content (AvgIpc) is 3.11. The van der Waals surface area contributed by atoms with E-state index in [9.17, 15) is 4.79 Å². The van der Waals surface area contributed by atoms with Crippen molar-refractivity contribution in [3.8, 4) is 0 Å². The van der Waals surface area contributed by atoms with Gasteiger partial charge in [0.15, 0.2) is 0 Å². The number of fused-ring (bicyclic) bond motifs is 1. The lowest BCUT2D eigenvalue weighted by molar-refractivity contribution is 0.190. The van der Waals surface area contributed by atoms with E-state index in [1.807, 2.05) is 24.3 Å². The maximum Gasteiger partial charge on any atom is 0.319 e. The molecule has 2 aromatic rings. The summed E-state index contributed by atoms with van der Waals surface area (Å²) in [4.78, 5) is 13.7. The fourth-order valence-electron chi connectivity index (χ4n) is 4.45. The molecule has 0 saturated carbocycles. The van der Waals surface area contributed by atoms with Crippen LogP contribution in [0.15, 0.2) is 53.0 Å². The van der Waals surface area contributed by atoms with E-state index in [0.717, 1.165) is 61.8 Å². The smallest absolute Gasteiger partial charge is 0.319 e. The number of nitrogens with one attached hydrogen (secondary N) is 1. The van der Waals surface area contributed by atoms with Gasteiger partial charge in [0.25, 0.3) is 0 Å². The van der Waals surface area contributed by atoms with Crippen molar-refractivity contribution < 1.29 is 9.53 Å². The minimum absolute atomic E-state index is 0.0350. The van der Waals surface area contributed by atoms with Crippen molar-refractivity contribution in [3.05, 3.63) is 64.1 Å². The Kier molecular flexibility index (Phi) is 8.31. The largest absolute Gasteiger partial charge is 0.385 e. The van der Waals surface area contributed by atoms with Crippen LogP contribution in [0.25, 0.3) is 0 Å². The third-order valence-corrected chi connectivity index (χ3v) is 6.51. The zero-order chi connectivity index (χ0) is 21.4. The Balaban J connectivity index is 1.67. The molecule has 0 saturated heterocycles. The van der Waals surface area contributed by atoms with E-state index in [0.29, 0.717) is 6.54 Å². The number of benzene rings is 2. The molecule has 5 nitrogen and oxygen atoms in total. The van der Waals surface area contributed by atoms with Crippen LogP contribution in [0.5, 0.6) is 0 Å². The molecular weight excluding hydrogens is 442 g/mol. The topological polar surface area (TPSA) is 67.6 Å². The number of nitrogens with two attached hydrogens (primary N) is 1. The van der Waals surface area contributed by atoms with Crippen LogP contribution in [0.1, 0.15) is 43.2 Å². The second kappa shape index (κ2) is 10.9. The first kappa shape index (κ1) is 22.8. The zero-order valence-electron chi connectivity index (χ0n) is 17.7. The normalized spacial score (nSPS) is 17.7. The van der Waals surface area contributed by atoms with Crippen molar-refractivity contribution in [2.24, 2.45) is 5.73 Å². The predicted octanol–water partition coefficient (Wildman–Crippen LogP) is 4.97. The monoisotopic (exact) mass is 473 g/mol. The Morgan fingerprint density at radius 3 is 2.67 bits per heavy atom. The number of carbonyl (C=O) groups is 1. The maximum absolute atomic E-state index is 12.1. The van der Waals surface area contributed by atoms with E-state index in [1.54, 1.807) is 12.0 Å². The summed E-state index contributed by atoms with van der Waals surface area (Å²) in [6, 6.07) is 16.0. The molecule has 1 aliphatic carbocycles. The number of carbonyl (C=O) groups excluding carboxylic acids is 1. The molecule has 0 bridgehead atoms. The molecule has 2 aromatic carbocycles. The molecule has 0 spiro atoms. The summed E-state index contributed by atoms with van der Waals surface area (Å²) < 4.78 is 6.16. The van der Waals surface area contributed by atoms with E-state index in [4.69, 9.17) is 10.5 Å². The number of ether oxygens (including phenoxy) is 1. The third-order valence-electron chi connectivity index (χ3n) is 5.98. The SMILES string of the molecule is COCCCCNC1(CCCN(C(N)=O)c2ccc(Br)cc2)CCc2ccccc21. The molecule has 3 rings (SSSR count). The summed E-state index contributed by atoms with van der Waals surface area (Å²) in [6.07, 6.45) is 6.16. The molecule has 0 aromatic heterocycles. The Labute approximate surface area is 188 Å². The van der Waals surface area contributed by atoms with E-state index in [1.165, 1.54) is 11.1 Å². The van der Waals surface area contributed by atoms with Crippen LogP contribution in [-0.4, -0.2) is 32.8 Å². The van der Waals surface area contributed by atoms with Gasteiger partial charge in [-0.1, -0.05) is 40.2 Å². The van der Waals surface area contributed by atoms with E-state index in [-0.39, 0.29) is 5.54 Å². The van der Waals surface area contributed by atoms with Crippen molar-refractivity contribution in [3.63, 3.8) is 0 Å². The van der Waals surface area contributed by atoms with Crippen LogP contribution >= 0.6 is 15.9 Å². The van der Waals surface area contributed by atoms with Crippen LogP contribution in [0.4, 0.5) is 10.5 Å². The quantitative estimate of drug-likeness (QED) is 0.452. The summed E-state index contributed by atoms with van der Waals surface area (Å²) in [5.41, 5.74) is 9.32. The number of primary amides is 1. The molecular formula is C24H32BrN3O2. The summed E-state index contributed by atoms with van der Waals surface area (Å²) in [5, 5.41) is 3.86. The first-order valence-electron chi connectivity index (χ1n) is 10.7. The lowest BCUT2D eigenvalue weighted by Gasteiger charge is -2.33. The van der Waals surface area contributed by atoms with Gasteiger partial charge in [0.1, 0.15) is 0 Å². The van der Waals surface area contributed by atoms with Crippen molar-refractivity contribution >= 4 is 27.6 Å². The van der Waals surface area contributed by atoms with Crippen LogP contribution in [0.3, 0.4) is 0 Å². The molecule has 1 atom stereocenters. The van der Waals surface area contributed by atoms with Crippen LogP contribution in [0.2, 0.25) is 0 Å². The second-order valence-electron chi connectivity index (χ2n) is 7.94. The number of halogens is 1. The van der Waals surface area contributed by atoms with Gasteiger partial charge in [-0.25, -0.2) is 4.79 Å². The number of hydrogen-bond acceptors (Lipinski definition) is 3. The lowest BCUT2D eigenvalue weighted by Crippen LogP contribution is -2.43. The molecule has 1 unspecified atom stereocenters. The molecule has 1 aliphatic rings. The molecule has 0 radical (unpaired) electrons. The van der Waals surface area contributed by atoms with Gasteiger partial charge in [-0.15, -0.1) is 0 Å². The summed E-state index contributed by atoms with van der Waals surface area (Å²) in [6.45, 7) is 2.36. The van der Waals surface area contributed by atoms with E-state index in [2.05, 4.69) is 45.5 Å². The molecule has 30 heavy (non-hydrogen) atoms. The maximum atomic E-state index is 12.1. The number of nitrogens with zero attached hydrogens (tertiary/aromatic N) is 1. The Hall–Kier alpha value is -1.89. The van der Waals surface area contributed by atoms with Crippen molar-refractivity contribution in [2.45, 2.75) is 44.1 Å². The van der Waals surface area contributed by atoms with Gasteiger partial charge in [-0.2, -0.15) is 0 Å². The van der Waals surface area contributed by atoms with Gasteiger partial charge in [-0.05, 0) is 80.5 Å². The highest BCUT2D eigenvalue weighted by Crippen LogP contribution is 2.40. The van der Waals surface area contributed by atoms with Crippen molar-refractivity contribution in [2.75, 3.05) is 31.7 Å². The molecule has 162 valence electrons. The third kappa shape index (κ3) is 5.62. The van der Waals surface area contributed by atoms with Gasteiger partial charge in [-0.3, -0.25) is 4.90 Å². The van der Waals surface area contributed by atoms with Gasteiger partial charge in [0.2, 0.25) is 0 Å². The number of methoxy groups -OCH3 is 1. The number of rotatable bonds is 11. The average molecular weight is 474 g/mol. The van der Waals surface area contributed by atoms with E-state index < -0.39 is 6.03 Å². The fourth-order valence-corrected chi connectivity index (χ4v) is 4.71. The number of aryl methyl sites for hydroxylation is 1. The first-order chi connectivity index (χ1) is 14.6. The molecule has 6 heteroatoms. The standard InChI is InChI=1S/C24H32BrN3O2/c1-30-18-5-4-16-27-24(15-13-19-7-2-3-8-22(19)24)14-6-17-28(23(26)29)21-11-9-20(25)10-12-21/h2-3,7-12,27H,4-6,13-18H2,1H3,(H2,26,29). The fraction of sp³-hybridized carbons (Fsp3) is 0.458. The highest BCUT2D eigenvalue weighted by Gasteiger charge is 2.37. The molecule has 2 amide bonds. The highest BCUT2D eigenvalue weighted by atomic mass is 79.9. The molecule has 0 aliphatic heterocycles. The summed E-state index contributed by atoms with van der Waals surface area (Å²) in [7, 11) is 1.75. The van der Waals surface area contributed by atoms with Crippen LogP contribution in [0, 0.1) is 0 Å². The molecule has 0 heterocycles. The number of unbranched alkanes of at least 4 members (excludes halogenated alkanes) is 1.